The van der Waals surface area contributed by atoms with Crippen LogP contribution in [0.5, 0.6) is 5.75 Å². The summed E-state index contributed by atoms with van der Waals surface area (Å²) in [5, 5.41) is 49.5. The summed E-state index contributed by atoms with van der Waals surface area (Å²) in [7, 11) is 1.53. The van der Waals surface area contributed by atoms with Crippen molar-refractivity contribution < 1.29 is 53.7 Å². The number of rotatable bonds is 13. The Morgan fingerprint density at radius 3 is 2.29 bits per heavy atom. The normalized spacial score (nSPS) is 41.2. The molecule has 5 fully saturated rings. The Balaban J connectivity index is 1.12. The first-order chi connectivity index (χ1) is 28.2. The average molecular weight is 827 g/mol. The van der Waals surface area contributed by atoms with Crippen LogP contribution in [0.15, 0.2) is 35.9 Å². The molecule has 8 unspecified atom stereocenters. The fourth-order valence-corrected chi connectivity index (χ4v) is 12.1. The number of benzene rings is 1. The van der Waals surface area contributed by atoms with Crippen molar-refractivity contribution in [3.8, 4) is 5.75 Å². The first-order valence-electron chi connectivity index (χ1n) is 22.4. The Bertz CT molecular complexity index is 1620. The van der Waals surface area contributed by atoms with Crippen molar-refractivity contribution in [2.75, 3.05) is 20.3 Å². The molecule has 2 heterocycles. The number of carbonyl (C=O) groups is 2. The number of methoxy groups -OCH3 is 1. The Morgan fingerprint density at radius 1 is 0.881 bits per heavy atom. The Morgan fingerprint density at radius 2 is 1.59 bits per heavy atom. The van der Waals surface area contributed by atoms with E-state index in [2.05, 4.69) is 44.4 Å². The van der Waals surface area contributed by atoms with Gasteiger partial charge in [0.05, 0.1) is 32.5 Å². The second-order valence-corrected chi connectivity index (χ2v) is 19.3. The molecule has 17 atom stereocenters. The van der Waals surface area contributed by atoms with Crippen LogP contribution in [0.2, 0.25) is 0 Å². The van der Waals surface area contributed by atoms with Gasteiger partial charge in [0.15, 0.2) is 12.6 Å². The molecule has 1 aromatic rings. The maximum atomic E-state index is 13.4. The van der Waals surface area contributed by atoms with E-state index in [9.17, 15) is 30.0 Å². The van der Waals surface area contributed by atoms with Crippen molar-refractivity contribution in [1.82, 2.24) is 10.6 Å². The lowest BCUT2D eigenvalue weighted by Crippen LogP contribution is -2.66. The summed E-state index contributed by atoms with van der Waals surface area (Å²) < 4.78 is 31.0. The fraction of sp³-hybridized carbons (Fsp3) is 0.783. The second-order valence-electron chi connectivity index (χ2n) is 19.3. The van der Waals surface area contributed by atoms with Gasteiger partial charge >= 0.3 is 0 Å². The molecule has 6 aliphatic rings. The zero-order valence-corrected chi connectivity index (χ0v) is 35.8. The van der Waals surface area contributed by atoms with E-state index in [1.807, 2.05) is 0 Å². The number of allylic oxidation sites excluding steroid dienone is 1. The largest absolute Gasteiger partial charge is 0.497 e. The van der Waals surface area contributed by atoms with Gasteiger partial charge in [0.1, 0.15) is 42.2 Å². The zero-order chi connectivity index (χ0) is 42.2. The van der Waals surface area contributed by atoms with Crippen LogP contribution in [-0.4, -0.2) is 114 Å². The smallest absolute Gasteiger partial charge is 0.251 e. The third-order valence-corrected chi connectivity index (χ3v) is 15.2. The fourth-order valence-electron chi connectivity index (χ4n) is 12.1. The van der Waals surface area contributed by atoms with E-state index in [0.29, 0.717) is 46.8 Å². The topological polar surface area (TPSA) is 185 Å². The van der Waals surface area contributed by atoms with Gasteiger partial charge in [0, 0.05) is 12.5 Å². The third-order valence-electron chi connectivity index (χ3n) is 15.2. The highest BCUT2D eigenvalue weighted by Crippen LogP contribution is 2.63. The lowest BCUT2D eigenvalue weighted by atomic mass is 9.50. The van der Waals surface area contributed by atoms with E-state index in [1.54, 1.807) is 24.3 Å². The molecule has 2 saturated heterocycles. The summed E-state index contributed by atoms with van der Waals surface area (Å²) in [6, 6.07) is 4.26. The number of aliphatic hydroxyl groups excluding tert-OH is 4. The molecule has 7 rings (SSSR count). The molecule has 1 aromatic carbocycles. The molecular formula is C46H70N2O11. The minimum absolute atomic E-state index is 0.116. The molecule has 13 nitrogen and oxygen atoms in total. The summed E-state index contributed by atoms with van der Waals surface area (Å²) in [6.07, 6.45) is 5.03. The third kappa shape index (κ3) is 9.43. The second kappa shape index (κ2) is 18.8. The van der Waals surface area contributed by atoms with Crippen molar-refractivity contribution in [2.45, 2.75) is 160 Å². The lowest BCUT2D eigenvalue weighted by Gasteiger charge is -2.55. The minimum atomic E-state index is -1.45. The van der Waals surface area contributed by atoms with Gasteiger partial charge in [-0.05, 0) is 116 Å². The zero-order valence-electron chi connectivity index (χ0n) is 35.8. The number of hydrogen-bond acceptors (Lipinski definition) is 11. The van der Waals surface area contributed by atoms with Gasteiger partial charge in [0.2, 0.25) is 5.91 Å². The Labute approximate surface area is 349 Å². The summed E-state index contributed by atoms with van der Waals surface area (Å²) >= 11 is 0. The van der Waals surface area contributed by atoms with Gasteiger partial charge in [-0.15, -0.1) is 0 Å². The van der Waals surface area contributed by atoms with Crippen LogP contribution >= 0.6 is 0 Å². The number of carbonyl (C=O) groups excluding carboxylic acids is 2. The lowest BCUT2D eigenvalue weighted by molar-refractivity contribution is -0.304. The van der Waals surface area contributed by atoms with E-state index in [4.69, 9.17) is 23.7 Å². The summed E-state index contributed by atoms with van der Waals surface area (Å²) in [5.74, 6) is 3.04. The van der Waals surface area contributed by atoms with Gasteiger partial charge in [-0.2, -0.15) is 0 Å². The van der Waals surface area contributed by atoms with Gasteiger partial charge in [-0.25, -0.2) is 0 Å². The van der Waals surface area contributed by atoms with Crippen LogP contribution in [0, 0.1) is 46.8 Å². The molecule has 4 aliphatic carbocycles. The van der Waals surface area contributed by atoms with Crippen LogP contribution in [0.3, 0.4) is 0 Å². The highest BCUT2D eigenvalue weighted by atomic mass is 16.7. The molecule has 59 heavy (non-hydrogen) atoms. The molecule has 3 saturated carbocycles. The number of aliphatic hydroxyl groups is 4. The number of hydrogen-bond donors (Lipinski definition) is 6. The van der Waals surface area contributed by atoms with Gasteiger partial charge < -0.3 is 54.7 Å². The predicted octanol–water partition coefficient (Wildman–Crippen LogP) is 4.49. The molecule has 330 valence electrons. The van der Waals surface area contributed by atoms with E-state index >= 15 is 0 Å². The van der Waals surface area contributed by atoms with Crippen LogP contribution in [0.4, 0.5) is 0 Å². The van der Waals surface area contributed by atoms with Crippen molar-refractivity contribution >= 4 is 11.8 Å². The highest BCUT2D eigenvalue weighted by Gasteiger charge is 2.58. The van der Waals surface area contributed by atoms with Crippen LogP contribution in [0.1, 0.15) is 109 Å². The summed E-state index contributed by atoms with van der Waals surface area (Å²) in [5.41, 5.74) is 1.86. The van der Waals surface area contributed by atoms with Crippen LogP contribution in [0.25, 0.3) is 0 Å². The van der Waals surface area contributed by atoms with Crippen LogP contribution < -0.4 is 15.4 Å². The van der Waals surface area contributed by atoms with Crippen molar-refractivity contribution in [2.24, 2.45) is 46.8 Å². The molecule has 6 N–H and O–H groups in total. The Hall–Kier alpha value is -2.62. The first-order valence-corrected chi connectivity index (χ1v) is 22.4. The molecule has 0 aromatic heterocycles. The molecular weight excluding hydrogens is 757 g/mol. The number of fused-ring (bicyclic) bond motifs is 5. The monoisotopic (exact) mass is 826 g/mol. The van der Waals surface area contributed by atoms with E-state index in [0.717, 1.165) is 51.4 Å². The molecule has 2 amide bonds. The predicted molar refractivity (Wildman–Crippen MR) is 219 cm³/mol. The molecule has 2 aliphatic heterocycles. The molecule has 0 radical (unpaired) electrons. The van der Waals surface area contributed by atoms with Crippen molar-refractivity contribution in [3.05, 3.63) is 41.5 Å². The van der Waals surface area contributed by atoms with Gasteiger partial charge in [0.25, 0.3) is 5.91 Å². The van der Waals surface area contributed by atoms with E-state index in [1.165, 1.54) is 32.4 Å². The van der Waals surface area contributed by atoms with Gasteiger partial charge in [-0.1, -0.05) is 58.6 Å². The van der Waals surface area contributed by atoms with Gasteiger partial charge in [-0.3, -0.25) is 9.59 Å². The van der Waals surface area contributed by atoms with Crippen molar-refractivity contribution in [3.63, 3.8) is 0 Å². The summed E-state index contributed by atoms with van der Waals surface area (Å²) in [6.45, 7) is 10.3. The quantitative estimate of drug-likeness (QED) is 0.154. The number of nitrogens with one attached hydrogen (secondary N) is 2. The highest BCUT2D eigenvalue weighted by molar-refractivity contribution is 5.94. The minimum Gasteiger partial charge on any atom is -0.497 e. The van der Waals surface area contributed by atoms with E-state index in [-0.39, 0.29) is 42.7 Å². The van der Waals surface area contributed by atoms with E-state index < -0.39 is 55.0 Å². The molecule has 0 spiro atoms. The van der Waals surface area contributed by atoms with Crippen molar-refractivity contribution in [1.29, 1.82) is 0 Å². The number of ether oxygens (including phenoxy) is 5. The standard InChI is InChI=1S/C46H70N2O11/c1-24(2)8-7-9-25(3)38-32-16-17-34-31(15-12-28-20-29(50)18-19-46(28,34)5)33(32)21-37(38)58-45-40(47-26(4)49)42(36(52)23-57-45)59-44-39(41(53)35(51)22-56-44)48-43(54)27-10-13-30(55-6)14-11-27/h10-14,24-25,29,31-42,44-45,50-53H,7-9,15-23H2,1-6H3,(H,47,49)(H,48,54)/t25-,29+,31+,32+,33+,34+,35?,36?,37+,38-,39?,40?,41?,42?,44?,45?,46+/m1/s1. The average Bonchev–Trinajstić information content (AvgIpc) is 3.58. The maximum Gasteiger partial charge on any atom is 0.251 e. The maximum absolute atomic E-state index is 13.4. The number of amides is 2. The molecule has 0 bridgehead atoms. The Kier molecular flexibility index (Phi) is 14.1. The SMILES string of the molecule is COc1ccc(C(=O)NC2C(OC3C(O)COC(O[C@H]4C[C@@H]5[C@H](CC[C@H]6[C@H]5CC=C5C[C@@H](O)CC[C@@]56C)[C@H]4[C@H](C)CCCC(C)C)C3NC(C)=O)OCC(O)C2O)cc1. The molecule has 13 heteroatoms. The first kappa shape index (κ1) is 44.4. The summed E-state index contributed by atoms with van der Waals surface area (Å²) in [4.78, 5) is 26.3. The van der Waals surface area contributed by atoms with Crippen LogP contribution in [-0.2, 0) is 23.7 Å².